The van der Waals surface area contributed by atoms with Crippen LogP contribution in [0.4, 0.5) is 0 Å². The molecular weight excluding hydrogens is 296 g/mol. The first kappa shape index (κ1) is 14.8. The standard InChI is InChI=1S/C16H16N4O3/c1-23-15-7-12(9-20-11-14(8-18-20)16(21)22)3-4-13(15)10-19-6-2-5-17-19/h2-8,11H,9-10H2,1H3,(H,21,22). The van der Waals surface area contributed by atoms with Gasteiger partial charge in [0.15, 0.2) is 0 Å². The molecule has 1 aromatic carbocycles. The number of benzene rings is 1. The summed E-state index contributed by atoms with van der Waals surface area (Å²) in [6.45, 7) is 1.10. The molecule has 0 unspecified atom stereocenters. The first-order valence-corrected chi connectivity index (χ1v) is 7.04. The molecule has 0 saturated heterocycles. The fourth-order valence-corrected chi connectivity index (χ4v) is 2.33. The van der Waals surface area contributed by atoms with Crippen LogP contribution < -0.4 is 4.74 Å². The number of ether oxygens (including phenoxy) is 1. The largest absolute Gasteiger partial charge is 0.496 e. The van der Waals surface area contributed by atoms with Crippen LogP contribution in [0.3, 0.4) is 0 Å². The molecule has 0 amide bonds. The first-order valence-electron chi connectivity index (χ1n) is 7.04. The van der Waals surface area contributed by atoms with E-state index in [9.17, 15) is 4.79 Å². The summed E-state index contributed by atoms with van der Waals surface area (Å²) in [5.74, 6) is -0.216. The van der Waals surface area contributed by atoms with Crippen LogP contribution in [0.5, 0.6) is 5.75 Å². The number of hydrogen-bond donors (Lipinski definition) is 1. The average Bonchev–Trinajstić information content (AvgIpc) is 3.20. The van der Waals surface area contributed by atoms with Crippen LogP contribution in [-0.2, 0) is 13.1 Å². The summed E-state index contributed by atoms with van der Waals surface area (Å²) in [6, 6.07) is 7.76. The molecule has 0 fully saturated rings. The Kier molecular flexibility index (Phi) is 4.09. The Morgan fingerprint density at radius 1 is 1.26 bits per heavy atom. The van der Waals surface area contributed by atoms with Gasteiger partial charge in [-0.1, -0.05) is 12.1 Å². The SMILES string of the molecule is COc1cc(Cn2cc(C(=O)O)cn2)ccc1Cn1cccn1. The van der Waals surface area contributed by atoms with Crippen LogP contribution in [0.2, 0.25) is 0 Å². The van der Waals surface area contributed by atoms with E-state index in [2.05, 4.69) is 10.2 Å². The number of aromatic nitrogens is 4. The fraction of sp³-hybridized carbons (Fsp3) is 0.188. The van der Waals surface area contributed by atoms with E-state index in [0.29, 0.717) is 13.1 Å². The van der Waals surface area contributed by atoms with Gasteiger partial charge in [-0.3, -0.25) is 9.36 Å². The molecule has 3 rings (SSSR count). The summed E-state index contributed by atoms with van der Waals surface area (Å²) in [5.41, 5.74) is 2.17. The molecule has 2 aromatic heterocycles. The number of rotatable bonds is 6. The molecule has 0 aliphatic rings. The van der Waals surface area contributed by atoms with Crippen molar-refractivity contribution < 1.29 is 14.6 Å². The van der Waals surface area contributed by atoms with E-state index in [1.165, 1.54) is 12.4 Å². The second-order valence-corrected chi connectivity index (χ2v) is 5.08. The van der Waals surface area contributed by atoms with Gasteiger partial charge in [0, 0.05) is 24.2 Å². The van der Waals surface area contributed by atoms with Crippen molar-refractivity contribution in [1.82, 2.24) is 19.6 Å². The average molecular weight is 312 g/mol. The van der Waals surface area contributed by atoms with Gasteiger partial charge in [-0.05, 0) is 17.7 Å². The molecule has 7 heteroatoms. The Hall–Kier alpha value is -3.09. The lowest BCUT2D eigenvalue weighted by atomic mass is 10.1. The molecule has 2 heterocycles. The van der Waals surface area contributed by atoms with Crippen molar-refractivity contribution in [2.24, 2.45) is 0 Å². The number of carboxylic acid groups (broad SMARTS) is 1. The highest BCUT2D eigenvalue weighted by Crippen LogP contribution is 2.21. The second-order valence-electron chi connectivity index (χ2n) is 5.08. The maximum atomic E-state index is 10.9. The van der Waals surface area contributed by atoms with Crippen LogP contribution in [0.1, 0.15) is 21.5 Å². The van der Waals surface area contributed by atoms with Crippen LogP contribution >= 0.6 is 0 Å². The smallest absolute Gasteiger partial charge is 0.338 e. The molecule has 3 aromatic rings. The van der Waals surface area contributed by atoms with Crippen LogP contribution in [0, 0.1) is 0 Å². The van der Waals surface area contributed by atoms with Gasteiger partial charge >= 0.3 is 5.97 Å². The number of methoxy groups -OCH3 is 1. The molecule has 0 aliphatic heterocycles. The monoisotopic (exact) mass is 312 g/mol. The van der Waals surface area contributed by atoms with E-state index in [4.69, 9.17) is 9.84 Å². The van der Waals surface area contributed by atoms with Crippen LogP contribution in [0.25, 0.3) is 0 Å². The quantitative estimate of drug-likeness (QED) is 0.751. The van der Waals surface area contributed by atoms with Gasteiger partial charge in [-0.2, -0.15) is 10.2 Å². The van der Waals surface area contributed by atoms with Crippen molar-refractivity contribution in [2.75, 3.05) is 7.11 Å². The Morgan fingerprint density at radius 2 is 2.13 bits per heavy atom. The van der Waals surface area contributed by atoms with Crippen LogP contribution in [0.15, 0.2) is 49.1 Å². The predicted octanol–water partition coefficient (Wildman–Crippen LogP) is 1.88. The van der Waals surface area contributed by atoms with E-state index in [1.807, 2.05) is 35.1 Å². The zero-order chi connectivity index (χ0) is 16.2. The Morgan fingerprint density at radius 3 is 2.78 bits per heavy atom. The minimum absolute atomic E-state index is 0.173. The van der Waals surface area contributed by atoms with Crippen molar-refractivity contribution in [3.05, 3.63) is 65.7 Å². The van der Waals surface area contributed by atoms with E-state index in [0.717, 1.165) is 16.9 Å². The third kappa shape index (κ3) is 3.39. The summed E-state index contributed by atoms with van der Waals surface area (Å²) in [6.07, 6.45) is 6.47. The Bertz CT molecular complexity index is 809. The summed E-state index contributed by atoms with van der Waals surface area (Å²) < 4.78 is 8.86. The molecule has 1 N–H and O–H groups in total. The lowest BCUT2D eigenvalue weighted by Gasteiger charge is -2.11. The van der Waals surface area contributed by atoms with Gasteiger partial charge in [-0.25, -0.2) is 4.79 Å². The van der Waals surface area contributed by atoms with E-state index in [1.54, 1.807) is 18.0 Å². The van der Waals surface area contributed by atoms with Gasteiger partial charge in [0.2, 0.25) is 0 Å². The summed E-state index contributed by atoms with van der Waals surface area (Å²) in [5, 5.41) is 17.2. The van der Waals surface area contributed by atoms with Crippen molar-refractivity contribution in [2.45, 2.75) is 13.1 Å². The lowest BCUT2D eigenvalue weighted by Crippen LogP contribution is -2.05. The molecule has 23 heavy (non-hydrogen) atoms. The van der Waals surface area contributed by atoms with E-state index in [-0.39, 0.29) is 5.56 Å². The summed E-state index contributed by atoms with van der Waals surface area (Å²) >= 11 is 0. The number of hydrogen-bond acceptors (Lipinski definition) is 4. The number of carbonyl (C=O) groups is 1. The molecule has 0 bridgehead atoms. The van der Waals surface area contributed by atoms with Gasteiger partial charge in [0.1, 0.15) is 5.75 Å². The third-order valence-electron chi connectivity index (χ3n) is 3.47. The third-order valence-corrected chi connectivity index (χ3v) is 3.47. The number of carboxylic acids is 1. The van der Waals surface area contributed by atoms with Gasteiger partial charge in [0.25, 0.3) is 0 Å². The zero-order valence-corrected chi connectivity index (χ0v) is 12.6. The fourth-order valence-electron chi connectivity index (χ4n) is 2.33. The van der Waals surface area contributed by atoms with E-state index >= 15 is 0 Å². The molecule has 0 saturated carbocycles. The Labute approximate surface area is 132 Å². The summed E-state index contributed by atoms with van der Waals surface area (Å²) in [4.78, 5) is 10.9. The topological polar surface area (TPSA) is 82.2 Å². The predicted molar refractivity (Wildman–Crippen MR) is 82.6 cm³/mol. The Balaban J connectivity index is 1.79. The second kappa shape index (κ2) is 6.35. The molecule has 0 radical (unpaired) electrons. The highest BCUT2D eigenvalue weighted by Gasteiger charge is 2.09. The van der Waals surface area contributed by atoms with Crippen molar-refractivity contribution in [1.29, 1.82) is 0 Å². The van der Waals surface area contributed by atoms with Gasteiger partial charge in [-0.15, -0.1) is 0 Å². The first-order chi connectivity index (χ1) is 11.2. The molecule has 118 valence electrons. The van der Waals surface area contributed by atoms with Crippen molar-refractivity contribution in [3.8, 4) is 5.75 Å². The molecule has 0 atom stereocenters. The summed E-state index contributed by atoms with van der Waals surface area (Å²) in [7, 11) is 1.63. The van der Waals surface area contributed by atoms with Gasteiger partial charge in [0.05, 0.1) is 32.0 Å². The maximum absolute atomic E-state index is 10.9. The zero-order valence-electron chi connectivity index (χ0n) is 12.6. The highest BCUT2D eigenvalue weighted by molar-refractivity contribution is 5.86. The maximum Gasteiger partial charge on any atom is 0.338 e. The van der Waals surface area contributed by atoms with Gasteiger partial charge < -0.3 is 9.84 Å². The van der Waals surface area contributed by atoms with Crippen molar-refractivity contribution >= 4 is 5.97 Å². The number of aromatic carboxylic acids is 1. The molecule has 7 nitrogen and oxygen atoms in total. The van der Waals surface area contributed by atoms with Crippen molar-refractivity contribution in [3.63, 3.8) is 0 Å². The van der Waals surface area contributed by atoms with Crippen LogP contribution in [-0.4, -0.2) is 37.7 Å². The normalized spacial score (nSPS) is 10.7. The molecule has 0 spiro atoms. The highest BCUT2D eigenvalue weighted by atomic mass is 16.5. The van der Waals surface area contributed by atoms with E-state index < -0.39 is 5.97 Å². The minimum atomic E-state index is -0.983. The lowest BCUT2D eigenvalue weighted by molar-refractivity contribution is 0.0697. The molecule has 0 aliphatic carbocycles. The molecular formula is C16H16N4O3. The minimum Gasteiger partial charge on any atom is -0.496 e. The number of nitrogens with zero attached hydrogens (tertiary/aromatic N) is 4.